The van der Waals surface area contributed by atoms with Gasteiger partial charge in [0.1, 0.15) is 0 Å². The average Bonchev–Trinajstić information content (AvgIpc) is 3.12. The maximum absolute atomic E-state index is 12.5. The Morgan fingerprint density at radius 1 is 1.37 bits per heavy atom. The highest BCUT2D eigenvalue weighted by Crippen LogP contribution is 2.24. The van der Waals surface area contributed by atoms with Crippen LogP contribution in [0.25, 0.3) is 0 Å². The molecule has 0 bridgehead atoms. The fraction of sp³-hybridized carbons (Fsp3) is 0.632. The van der Waals surface area contributed by atoms with E-state index in [1.165, 1.54) is 10.4 Å². The number of thiophene rings is 1. The van der Waals surface area contributed by atoms with Gasteiger partial charge in [-0.15, -0.1) is 11.3 Å². The molecule has 8 heteroatoms. The van der Waals surface area contributed by atoms with E-state index in [1.54, 1.807) is 18.4 Å². The van der Waals surface area contributed by atoms with Gasteiger partial charge in [0.25, 0.3) is 0 Å². The molecular weight excluding hydrogens is 362 g/mol. The van der Waals surface area contributed by atoms with E-state index in [9.17, 15) is 9.59 Å². The number of nitrogens with two attached hydrogens (primary N) is 1. The highest BCUT2D eigenvalue weighted by atomic mass is 32.1. The van der Waals surface area contributed by atoms with Gasteiger partial charge in [-0.2, -0.15) is 0 Å². The first-order chi connectivity index (χ1) is 13.1. The number of carbonyl (C=O) groups is 2. The maximum Gasteiger partial charge on any atom is 0.224 e. The van der Waals surface area contributed by atoms with Crippen molar-refractivity contribution in [3.8, 4) is 0 Å². The van der Waals surface area contributed by atoms with Gasteiger partial charge < -0.3 is 20.9 Å². The summed E-state index contributed by atoms with van der Waals surface area (Å²) in [4.78, 5) is 33.6. The maximum atomic E-state index is 12.5. The molecule has 7 nitrogen and oxygen atoms in total. The van der Waals surface area contributed by atoms with Crippen molar-refractivity contribution < 1.29 is 9.59 Å². The fourth-order valence-corrected chi connectivity index (χ4v) is 4.83. The largest absolute Gasteiger partial charge is 0.370 e. The molecule has 27 heavy (non-hydrogen) atoms. The van der Waals surface area contributed by atoms with Crippen LogP contribution in [0.1, 0.15) is 36.1 Å². The van der Waals surface area contributed by atoms with Crippen molar-refractivity contribution >= 4 is 29.1 Å². The molecule has 3 N–H and O–H groups in total. The third-order valence-electron chi connectivity index (χ3n) is 5.30. The van der Waals surface area contributed by atoms with Gasteiger partial charge in [0, 0.05) is 57.5 Å². The number of fused-ring (bicyclic) bond motifs is 1. The Morgan fingerprint density at radius 3 is 3.00 bits per heavy atom. The number of nitrogens with one attached hydrogen (secondary N) is 1. The van der Waals surface area contributed by atoms with Gasteiger partial charge in [0.2, 0.25) is 11.8 Å². The lowest BCUT2D eigenvalue weighted by atomic mass is 9.95. The van der Waals surface area contributed by atoms with Crippen molar-refractivity contribution in [2.75, 3.05) is 33.2 Å². The van der Waals surface area contributed by atoms with E-state index < -0.39 is 0 Å². The van der Waals surface area contributed by atoms with E-state index >= 15 is 0 Å². The quantitative estimate of drug-likeness (QED) is 0.583. The fourth-order valence-electron chi connectivity index (χ4n) is 3.94. The molecule has 2 aliphatic rings. The number of piperidine rings is 1. The molecule has 1 fully saturated rings. The average molecular weight is 392 g/mol. The van der Waals surface area contributed by atoms with Gasteiger partial charge in [-0.25, -0.2) is 0 Å². The molecule has 2 aliphatic heterocycles. The number of aliphatic imine (C=N–C) groups is 1. The van der Waals surface area contributed by atoms with E-state index in [0.29, 0.717) is 19.4 Å². The Balaban J connectivity index is 1.44. The summed E-state index contributed by atoms with van der Waals surface area (Å²) in [5.74, 6) is 1.02. The minimum atomic E-state index is -0.245. The Kier molecular flexibility index (Phi) is 6.71. The molecule has 0 spiro atoms. The molecule has 0 radical (unpaired) electrons. The molecule has 3 heterocycles. The highest BCUT2D eigenvalue weighted by molar-refractivity contribution is 7.10. The van der Waals surface area contributed by atoms with Crippen molar-refractivity contribution in [2.45, 2.75) is 38.6 Å². The van der Waals surface area contributed by atoms with Gasteiger partial charge in [-0.3, -0.25) is 14.6 Å². The normalized spacial score (nSPS) is 20.3. The number of carbonyl (C=O) groups excluding carboxylic acids is 2. The molecule has 0 aromatic carbocycles. The Labute approximate surface area is 164 Å². The standard InChI is InChI=1S/C19H29N5O2S/c1-21-19(24-8-2-3-14(12-24)11-17(20)25)22-7-4-18(26)23-9-5-16-15(13-23)6-10-27-16/h6,10,14H,2-5,7-9,11-13H2,1H3,(H2,20,25)(H,21,22). The summed E-state index contributed by atoms with van der Waals surface area (Å²) in [6, 6.07) is 2.12. The van der Waals surface area contributed by atoms with Crippen LogP contribution in [0.4, 0.5) is 0 Å². The molecule has 3 rings (SSSR count). The number of rotatable bonds is 5. The number of amides is 2. The SMILES string of the molecule is CN=C(NCCC(=O)N1CCc2sccc2C1)N1CCCC(CC(N)=O)C1. The molecule has 1 aromatic rings. The second-order valence-corrected chi connectivity index (χ2v) is 8.28. The summed E-state index contributed by atoms with van der Waals surface area (Å²) >= 11 is 1.78. The van der Waals surface area contributed by atoms with E-state index in [0.717, 1.165) is 51.4 Å². The van der Waals surface area contributed by atoms with Gasteiger partial charge in [-0.05, 0) is 42.2 Å². The molecule has 1 unspecified atom stereocenters. The topological polar surface area (TPSA) is 91.0 Å². The van der Waals surface area contributed by atoms with E-state index in [-0.39, 0.29) is 17.7 Å². The van der Waals surface area contributed by atoms with Gasteiger partial charge in [0.05, 0.1) is 0 Å². The zero-order valence-corrected chi connectivity index (χ0v) is 16.8. The lowest BCUT2D eigenvalue weighted by molar-refractivity contribution is -0.132. The Morgan fingerprint density at radius 2 is 2.22 bits per heavy atom. The van der Waals surface area contributed by atoms with Crippen molar-refractivity contribution in [2.24, 2.45) is 16.6 Å². The molecule has 0 saturated carbocycles. The highest BCUT2D eigenvalue weighted by Gasteiger charge is 2.24. The molecule has 1 aromatic heterocycles. The van der Waals surface area contributed by atoms with Crippen LogP contribution in [0, 0.1) is 5.92 Å². The first-order valence-corrected chi connectivity index (χ1v) is 10.5. The molecule has 1 saturated heterocycles. The number of hydrogen-bond acceptors (Lipinski definition) is 4. The second-order valence-electron chi connectivity index (χ2n) is 7.28. The molecule has 0 aliphatic carbocycles. The summed E-state index contributed by atoms with van der Waals surface area (Å²) in [5.41, 5.74) is 6.63. The second kappa shape index (κ2) is 9.21. The monoisotopic (exact) mass is 391 g/mol. The van der Waals surface area contributed by atoms with Crippen LogP contribution >= 0.6 is 11.3 Å². The number of likely N-dealkylation sites (tertiary alicyclic amines) is 1. The third kappa shape index (κ3) is 5.22. The minimum absolute atomic E-state index is 0.181. The summed E-state index contributed by atoms with van der Waals surface area (Å²) in [5, 5.41) is 5.42. The summed E-state index contributed by atoms with van der Waals surface area (Å²) in [6.07, 6.45) is 3.88. The summed E-state index contributed by atoms with van der Waals surface area (Å²) in [7, 11) is 1.75. The van der Waals surface area contributed by atoms with E-state index in [4.69, 9.17) is 5.73 Å². The lowest BCUT2D eigenvalue weighted by Gasteiger charge is -2.34. The predicted molar refractivity (Wildman–Crippen MR) is 108 cm³/mol. The number of guanidine groups is 1. The first-order valence-electron chi connectivity index (χ1n) is 9.63. The van der Waals surface area contributed by atoms with Crippen molar-refractivity contribution in [3.63, 3.8) is 0 Å². The van der Waals surface area contributed by atoms with E-state index in [2.05, 4.69) is 26.7 Å². The first kappa shape index (κ1) is 19.7. The van der Waals surface area contributed by atoms with Gasteiger partial charge in [0.15, 0.2) is 5.96 Å². The number of nitrogens with zero attached hydrogens (tertiary/aromatic N) is 3. The van der Waals surface area contributed by atoms with Crippen molar-refractivity contribution in [1.29, 1.82) is 0 Å². The Bertz CT molecular complexity index is 702. The van der Waals surface area contributed by atoms with E-state index in [1.807, 2.05) is 4.90 Å². The number of primary amides is 1. The van der Waals surface area contributed by atoms with Gasteiger partial charge >= 0.3 is 0 Å². The van der Waals surface area contributed by atoms with Crippen molar-refractivity contribution in [1.82, 2.24) is 15.1 Å². The number of hydrogen-bond donors (Lipinski definition) is 2. The Hall–Kier alpha value is -2.09. The summed E-state index contributed by atoms with van der Waals surface area (Å²) in [6.45, 7) is 3.80. The third-order valence-corrected chi connectivity index (χ3v) is 6.33. The van der Waals surface area contributed by atoms with Crippen molar-refractivity contribution in [3.05, 3.63) is 21.9 Å². The van der Waals surface area contributed by atoms with Crippen LogP contribution in [0.2, 0.25) is 0 Å². The van der Waals surface area contributed by atoms with Crippen LogP contribution in [-0.4, -0.2) is 60.8 Å². The zero-order chi connectivity index (χ0) is 19.2. The zero-order valence-electron chi connectivity index (χ0n) is 15.9. The minimum Gasteiger partial charge on any atom is -0.370 e. The van der Waals surface area contributed by atoms with Crippen LogP contribution < -0.4 is 11.1 Å². The van der Waals surface area contributed by atoms with Gasteiger partial charge in [-0.1, -0.05) is 0 Å². The predicted octanol–water partition coefficient (Wildman–Crippen LogP) is 1.19. The van der Waals surface area contributed by atoms with Crippen LogP contribution in [0.5, 0.6) is 0 Å². The van der Waals surface area contributed by atoms with Crippen LogP contribution in [0.3, 0.4) is 0 Å². The smallest absolute Gasteiger partial charge is 0.224 e. The molecular formula is C19H29N5O2S. The summed E-state index contributed by atoms with van der Waals surface area (Å²) < 4.78 is 0. The van der Waals surface area contributed by atoms with Crippen LogP contribution in [0.15, 0.2) is 16.4 Å². The lowest BCUT2D eigenvalue weighted by Crippen LogP contribution is -2.48. The molecule has 148 valence electrons. The molecule has 2 amide bonds. The molecule has 1 atom stereocenters. The van der Waals surface area contributed by atoms with Crippen LogP contribution in [-0.2, 0) is 22.6 Å².